The van der Waals surface area contributed by atoms with Gasteiger partial charge in [0.15, 0.2) is 0 Å². The molecule has 0 saturated heterocycles. The summed E-state index contributed by atoms with van der Waals surface area (Å²) in [6.07, 6.45) is 0. The Balaban J connectivity index is 2.70. The van der Waals surface area contributed by atoms with Crippen molar-refractivity contribution in [2.24, 2.45) is 5.92 Å². The summed E-state index contributed by atoms with van der Waals surface area (Å²) in [6.45, 7) is 2.09. The van der Waals surface area contributed by atoms with Crippen molar-refractivity contribution >= 4 is 34.9 Å². The Hall–Kier alpha value is -1.44. The van der Waals surface area contributed by atoms with Crippen molar-refractivity contribution in [3.63, 3.8) is 0 Å². The zero-order chi connectivity index (χ0) is 13.7. The fraction of sp³-hybridized carbons (Fsp3) is 0.333. The van der Waals surface area contributed by atoms with E-state index in [1.165, 1.54) is 4.90 Å². The molecule has 96 valence electrons. The molecule has 1 N–H and O–H groups in total. The van der Waals surface area contributed by atoms with Crippen LogP contribution in [-0.4, -0.2) is 24.5 Å². The number of urea groups is 1. The molecule has 1 atom stereocenters. The van der Waals surface area contributed by atoms with Crippen molar-refractivity contribution in [3.05, 3.63) is 28.2 Å². The van der Waals surface area contributed by atoms with E-state index in [0.29, 0.717) is 22.3 Å². The molecule has 0 aliphatic rings. The monoisotopic (exact) mass is 285 g/mol. The smallest absolute Gasteiger partial charge is 0.321 e. The zero-order valence-electron chi connectivity index (χ0n) is 10.1. The third-order valence-corrected chi connectivity index (χ3v) is 2.85. The van der Waals surface area contributed by atoms with E-state index in [1.807, 2.05) is 0 Å². The second-order valence-electron chi connectivity index (χ2n) is 3.96. The number of carbonyl (C=O) groups is 1. The lowest BCUT2D eigenvalue weighted by atomic mass is 10.2. The lowest BCUT2D eigenvalue weighted by Gasteiger charge is -2.19. The average molecular weight is 286 g/mol. The Labute approximate surface area is 116 Å². The summed E-state index contributed by atoms with van der Waals surface area (Å²) in [7, 11) is 1.61. The molecular weight excluding hydrogens is 273 g/mol. The second kappa shape index (κ2) is 6.48. The summed E-state index contributed by atoms with van der Waals surface area (Å²) in [4.78, 5) is 13.3. The van der Waals surface area contributed by atoms with E-state index in [4.69, 9.17) is 28.5 Å². The van der Waals surface area contributed by atoms with Crippen molar-refractivity contribution in [1.82, 2.24) is 4.90 Å². The lowest BCUT2D eigenvalue weighted by Crippen LogP contribution is -2.34. The van der Waals surface area contributed by atoms with Crippen LogP contribution in [0, 0.1) is 17.2 Å². The van der Waals surface area contributed by atoms with Crippen molar-refractivity contribution in [3.8, 4) is 6.07 Å². The van der Waals surface area contributed by atoms with Gasteiger partial charge in [-0.15, -0.1) is 0 Å². The summed E-state index contributed by atoms with van der Waals surface area (Å²) >= 11 is 11.8. The first kappa shape index (κ1) is 14.6. The molecule has 0 aromatic heterocycles. The minimum atomic E-state index is -0.332. The molecule has 18 heavy (non-hydrogen) atoms. The minimum Gasteiger partial charge on any atom is -0.326 e. The molecule has 0 spiro atoms. The van der Waals surface area contributed by atoms with Crippen LogP contribution in [0.15, 0.2) is 18.2 Å². The highest BCUT2D eigenvalue weighted by atomic mass is 35.5. The predicted molar refractivity (Wildman–Crippen MR) is 72.9 cm³/mol. The second-order valence-corrected chi connectivity index (χ2v) is 4.81. The van der Waals surface area contributed by atoms with Crippen LogP contribution in [0.25, 0.3) is 0 Å². The first-order valence-corrected chi connectivity index (χ1v) is 6.06. The van der Waals surface area contributed by atoms with Gasteiger partial charge in [-0.2, -0.15) is 5.26 Å². The number of nitriles is 1. The average Bonchev–Trinajstić information content (AvgIpc) is 2.33. The molecule has 0 aliphatic heterocycles. The number of carbonyl (C=O) groups excluding carboxylic acids is 1. The van der Waals surface area contributed by atoms with E-state index < -0.39 is 0 Å². The number of hydrogen-bond donors (Lipinski definition) is 1. The summed E-state index contributed by atoms with van der Waals surface area (Å²) in [5.41, 5.74) is 0.450. The predicted octanol–water partition coefficient (Wildman–Crippen LogP) is 3.62. The van der Waals surface area contributed by atoms with Gasteiger partial charge < -0.3 is 10.2 Å². The van der Waals surface area contributed by atoms with Gasteiger partial charge in [-0.25, -0.2) is 4.79 Å². The lowest BCUT2D eigenvalue weighted by molar-refractivity contribution is 0.219. The Kier molecular flexibility index (Phi) is 5.26. The SMILES string of the molecule is CC(C#N)CN(C)C(=O)Nc1cc(Cl)ccc1Cl. The van der Waals surface area contributed by atoms with Gasteiger partial charge in [0.2, 0.25) is 0 Å². The maximum absolute atomic E-state index is 11.8. The number of rotatable bonds is 3. The van der Waals surface area contributed by atoms with E-state index in [-0.39, 0.29) is 11.9 Å². The van der Waals surface area contributed by atoms with Gasteiger partial charge in [-0.3, -0.25) is 0 Å². The van der Waals surface area contributed by atoms with Gasteiger partial charge in [0.1, 0.15) is 0 Å². The standard InChI is InChI=1S/C12H13Cl2N3O/c1-8(6-15)7-17(2)12(18)16-11-5-9(13)3-4-10(11)14/h3-5,8H,7H2,1-2H3,(H,16,18). The van der Waals surface area contributed by atoms with Crippen LogP contribution < -0.4 is 5.32 Å². The van der Waals surface area contributed by atoms with Gasteiger partial charge in [0.25, 0.3) is 0 Å². The number of anilines is 1. The van der Waals surface area contributed by atoms with Crippen molar-refractivity contribution in [2.75, 3.05) is 18.9 Å². The molecule has 2 amide bonds. The highest BCUT2D eigenvalue weighted by Gasteiger charge is 2.13. The Morgan fingerprint density at radius 1 is 1.56 bits per heavy atom. The van der Waals surface area contributed by atoms with E-state index in [0.717, 1.165) is 0 Å². The van der Waals surface area contributed by atoms with Crippen LogP contribution in [-0.2, 0) is 0 Å². The number of benzene rings is 1. The number of hydrogen-bond acceptors (Lipinski definition) is 2. The van der Waals surface area contributed by atoms with Crippen molar-refractivity contribution < 1.29 is 4.79 Å². The van der Waals surface area contributed by atoms with Crippen LogP contribution in [0.1, 0.15) is 6.92 Å². The van der Waals surface area contributed by atoms with Crippen LogP contribution in [0.2, 0.25) is 10.0 Å². The highest BCUT2D eigenvalue weighted by molar-refractivity contribution is 6.35. The van der Waals surface area contributed by atoms with Gasteiger partial charge in [-0.1, -0.05) is 23.2 Å². The fourth-order valence-electron chi connectivity index (χ4n) is 1.34. The molecule has 0 heterocycles. The van der Waals surface area contributed by atoms with Crippen molar-refractivity contribution in [2.45, 2.75) is 6.92 Å². The zero-order valence-corrected chi connectivity index (χ0v) is 11.6. The summed E-state index contributed by atoms with van der Waals surface area (Å²) in [5, 5.41) is 12.2. The molecule has 0 fully saturated rings. The molecule has 1 aromatic carbocycles. The maximum atomic E-state index is 11.8. The molecule has 0 saturated carbocycles. The maximum Gasteiger partial charge on any atom is 0.321 e. The molecule has 1 unspecified atom stereocenters. The topological polar surface area (TPSA) is 56.1 Å². The molecule has 0 bridgehead atoms. The molecule has 6 heteroatoms. The summed E-state index contributed by atoms with van der Waals surface area (Å²) in [5.74, 6) is -0.226. The highest BCUT2D eigenvalue weighted by Crippen LogP contribution is 2.25. The third-order valence-electron chi connectivity index (χ3n) is 2.28. The Bertz CT molecular complexity index is 485. The number of halogens is 2. The van der Waals surface area contributed by atoms with E-state index in [1.54, 1.807) is 32.2 Å². The molecule has 0 aliphatic carbocycles. The normalized spacial score (nSPS) is 11.5. The summed E-state index contributed by atoms with van der Waals surface area (Å²) in [6, 6.07) is 6.56. The quantitative estimate of drug-likeness (QED) is 0.922. The fourth-order valence-corrected chi connectivity index (χ4v) is 1.68. The first-order chi connectivity index (χ1) is 8.43. The van der Waals surface area contributed by atoms with Gasteiger partial charge in [0.05, 0.1) is 22.7 Å². The molecule has 1 rings (SSSR count). The Morgan fingerprint density at radius 3 is 2.83 bits per heavy atom. The van der Waals surface area contributed by atoms with E-state index in [2.05, 4.69) is 11.4 Å². The minimum absolute atomic E-state index is 0.226. The molecular formula is C12H13Cl2N3O. The van der Waals surface area contributed by atoms with Crippen LogP contribution in [0.5, 0.6) is 0 Å². The van der Waals surface area contributed by atoms with Crippen LogP contribution >= 0.6 is 23.2 Å². The van der Waals surface area contributed by atoms with Crippen LogP contribution in [0.4, 0.5) is 10.5 Å². The number of nitrogens with zero attached hydrogens (tertiary/aromatic N) is 2. The van der Waals surface area contributed by atoms with Gasteiger partial charge in [0, 0.05) is 18.6 Å². The summed E-state index contributed by atoms with van der Waals surface area (Å²) < 4.78 is 0. The Morgan fingerprint density at radius 2 is 2.22 bits per heavy atom. The molecule has 0 radical (unpaired) electrons. The molecule has 4 nitrogen and oxygen atoms in total. The molecule has 1 aromatic rings. The largest absolute Gasteiger partial charge is 0.326 e. The third kappa shape index (κ3) is 4.10. The number of nitrogens with one attached hydrogen (secondary N) is 1. The number of amides is 2. The van der Waals surface area contributed by atoms with E-state index in [9.17, 15) is 4.79 Å². The van der Waals surface area contributed by atoms with Gasteiger partial charge in [-0.05, 0) is 25.1 Å². The van der Waals surface area contributed by atoms with E-state index >= 15 is 0 Å². The van der Waals surface area contributed by atoms with Crippen molar-refractivity contribution in [1.29, 1.82) is 5.26 Å². The first-order valence-electron chi connectivity index (χ1n) is 5.31. The van der Waals surface area contributed by atoms with Crippen LogP contribution in [0.3, 0.4) is 0 Å². The van der Waals surface area contributed by atoms with Gasteiger partial charge >= 0.3 is 6.03 Å².